The number of hydrogen-bond donors (Lipinski definition) is 1. The smallest absolute Gasteiger partial charge is 0.293 e. The molecule has 0 aliphatic heterocycles. The molecular formula is C24H18F2N4O3. The first-order valence-electron chi connectivity index (χ1n) is 10.1. The molecule has 1 unspecified atom stereocenters. The van der Waals surface area contributed by atoms with E-state index >= 15 is 0 Å². The summed E-state index contributed by atoms with van der Waals surface area (Å²) in [5.41, 5.74) is 0.0158. The Kier molecular flexibility index (Phi) is 4.71. The largest absolute Gasteiger partial charge is 0.378 e. The number of halogens is 2. The molecule has 0 aliphatic rings. The number of non-ortho nitro benzene ring substituents is 1. The van der Waals surface area contributed by atoms with Crippen molar-refractivity contribution in [3.05, 3.63) is 100 Å². The van der Waals surface area contributed by atoms with Crippen LogP contribution in [0.2, 0.25) is 0 Å². The fourth-order valence-electron chi connectivity index (χ4n) is 4.31. The van der Waals surface area contributed by atoms with E-state index in [9.17, 15) is 24.0 Å². The molecule has 2 aromatic heterocycles. The van der Waals surface area contributed by atoms with E-state index in [0.29, 0.717) is 27.5 Å². The van der Waals surface area contributed by atoms with Gasteiger partial charge >= 0.3 is 0 Å². The minimum Gasteiger partial charge on any atom is -0.378 e. The molecule has 0 saturated carbocycles. The lowest BCUT2D eigenvalue weighted by Crippen LogP contribution is -2.29. The van der Waals surface area contributed by atoms with E-state index in [1.807, 2.05) is 0 Å². The van der Waals surface area contributed by atoms with Crippen molar-refractivity contribution >= 4 is 27.5 Å². The van der Waals surface area contributed by atoms with Gasteiger partial charge in [0.25, 0.3) is 5.69 Å². The van der Waals surface area contributed by atoms with Gasteiger partial charge < -0.3 is 9.67 Å². The van der Waals surface area contributed by atoms with E-state index in [1.165, 1.54) is 35.0 Å². The third-order valence-electron chi connectivity index (χ3n) is 5.93. The summed E-state index contributed by atoms with van der Waals surface area (Å²) >= 11 is 0. The topological polar surface area (TPSA) is 86.1 Å². The van der Waals surface area contributed by atoms with Crippen LogP contribution in [0.25, 0.3) is 27.5 Å². The van der Waals surface area contributed by atoms with Crippen molar-refractivity contribution in [2.24, 2.45) is 7.05 Å². The molecule has 3 aromatic carbocycles. The van der Waals surface area contributed by atoms with Gasteiger partial charge in [-0.2, -0.15) is 5.10 Å². The van der Waals surface area contributed by atoms with Crippen LogP contribution in [0.15, 0.2) is 73.1 Å². The Morgan fingerprint density at radius 2 is 1.91 bits per heavy atom. The fraction of sp³-hybridized carbons (Fsp3) is 0.125. The number of hydrogen-bond acceptors (Lipinski definition) is 4. The molecule has 0 aliphatic carbocycles. The highest BCUT2D eigenvalue weighted by atomic mass is 19.1. The van der Waals surface area contributed by atoms with Crippen molar-refractivity contribution < 1.29 is 18.8 Å². The van der Waals surface area contributed by atoms with E-state index in [2.05, 4.69) is 5.10 Å². The third-order valence-corrected chi connectivity index (χ3v) is 5.93. The summed E-state index contributed by atoms with van der Waals surface area (Å²) in [6.07, 6.45) is 3.10. The maximum absolute atomic E-state index is 14.5. The molecule has 0 radical (unpaired) electrons. The molecule has 2 heterocycles. The van der Waals surface area contributed by atoms with Gasteiger partial charge in [-0.05, 0) is 42.0 Å². The van der Waals surface area contributed by atoms with E-state index in [-0.39, 0.29) is 22.6 Å². The summed E-state index contributed by atoms with van der Waals surface area (Å²) < 4.78 is 30.9. The lowest BCUT2D eigenvalue weighted by atomic mass is 9.86. The molecule has 7 nitrogen and oxygen atoms in total. The Balaban J connectivity index is 1.66. The summed E-state index contributed by atoms with van der Waals surface area (Å²) in [5, 5.41) is 28.4. The molecular weight excluding hydrogens is 430 g/mol. The van der Waals surface area contributed by atoms with E-state index in [1.54, 1.807) is 54.3 Å². The van der Waals surface area contributed by atoms with Gasteiger partial charge in [-0.3, -0.25) is 10.1 Å². The molecule has 9 heteroatoms. The number of rotatable bonds is 5. The zero-order valence-corrected chi connectivity index (χ0v) is 17.4. The number of nitro groups is 1. The lowest BCUT2D eigenvalue weighted by molar-refractivity contribution is -0.383. The average Bonchev–Trinajstić information content (AvgIpc) is 3.40. The SMILES string of the molecule is Cn1cc(C(O)(CF)c2ccc3c(cnn3-c3ccc(F)cc3)c2)c2cccc([N+](=O)[O-])c21. The quantitative estimate of drug-likeness (QED) is 0.310. The summed E-state index contributed by atoms with van der Waals surface area (Å²) in [6.45, 7) is -1.13. The molecule has 0 fully saturated rings. The highest BCUT2D eigenvalue weighted by Crippen LogP contribution is 2.39. The van der Waals surface area contributed by atoms with Crippen LogP contribution in [0.5, 0.6) is 0 Å². The van der Waals surface area contributed by atoms with Gasteiger partial charge in [0.2, 0.25) is 0 Å². The monoisotopic (exact) mass is 448 g/mol. The van der Waals surface area contributed by atoms with Crippen LogP contribution in [-0.4, -0.2) is 31.1 Å². The third kappa shape index (κ3) is 3.16. The van der Waals surface area contributed by atoms with Crippen LogP contribution in [0.4, 0.5) is 14.5 Å². The van der Waals surface area contributed by atoms with Gasteiger partial charge in [-0.1, -0.05) is 18.2 Å². The molecule has 0 bridgehead atoms. The van der Waals surface area contributed by atoms with Crippen molar-refractivity contribution in [3.63, 3.8) is 0 Å². The van der Waals surface area contributed by atoms with E-state index < -0.39 is 17.2 Å². The molecule has 1 atom stereocenters. The minimum atomic E-state index is -2.03. The highest BCUT2D eigenvalue weighted by Gasteiger charge is 2.36. The first-order valence-corrected chi connectivity index (χ1v) is 10.1. The van der Waals surface area contributed by atoms with Crippen LogP contribution >= 0.6 is 0 Å². The normalized spacial score (nSPS) is 13.5. The molecule has 0 spiro atoms. The molecule has 33 heavy (non-hydrogen) atoms. The highest BCUT2D eigenvalue weighted by molar-refractivity contribution is 5.92. The zero-order valence-electron chi connectivity index (χ0n) is 17.4. The minimum absolute atomic E-state index is 0.126. The maximum atomic E-state index is 14.5. The van der Waals surface area contributed by atoms with Crippen molar-refractivity contribution in [2.75, 3.05) is 6.67 Å². The predicted octanol–water partition coefficient (Wildman–Crippen LogP) is 4.77. The van der Waals surface area contributed by atoms with Gasteiger partial charge in [0.15, 0.2) is 0 Å². The standard InChI is InChI=1S/C24H18F2N4O3/c1-28-13-20(19-3-2-4-22(23(19)28)30(32)33)24(31,14-25)16-5-10-21-15(11-16)12-27-29(21)18-8-6-17(26)7-9-18/h2-13,31H,14H2,1H3. The first-order chi connectivity index (χ1) is 15.8. The van der Waals surface area contributed by atoms with Gasteiger partial charge in [0, 0.05) is 35.6 Å². The number of para-hydroxylation sites is 1. The first kappa shape index (κ1) is 20.8. The Bertz CT molecular complexity index is 1520. The van der Waals surface area contributed by atoms with Crippen molar-refractivity contribution in [2.45, 2.75) is 5.60 Å². The van der Waals surface area contributed by atoms with Crippen LogP contribution < -0.4 is 0 Å². The van der Waals surface area contributed by atoms with Gasteiger partial charge in [-0.25, -0.2) is 13.5 Å². The number of nitrogens with zero attached hydrogens (tertiary/aromatic N) is 4. The predicted molar refractivity (Wildman–Crippen MR) is 120 cm³/mol. The summed E-state index contributed by atoms with van der Waals surface area (Å²) in [4.78, 5) is 11.0. The van der Waals surface area contributed by atoms with E-state index in [0.717, 1.165) is 0 Å². The van der Waals surface area contributed by atoms with Gasteiger partial charge in [0.05, 0.1) is 22.3 Å². The number of benzene rings is 3. The van der Waals surface area contributed by atoms with Crippen LogP contribution in [0.3, 0.4) is 0 Å². The number of aliphatic hydroxyl groups is 1. The molecule has 0 amide bonds. The number of aryl methyl sites for hydroxylation is 1. The number of alkyl halides is 1. The molecule has 166 valence electrons. The zero-order chi connectivity index (χ0) is 23.3. The molecule has 5 rings (SSSR count). The van der Waals surface area contributed by atoms with Gasteiger partial charge in [0.1, 0.15) is 23.6 Å². The van der Waals surface area contributed by atoms with Crippen LogP contribution in [-0.2, 0) is 12.6 Å². The summed E-state index contributed by atoms with van der Waals surface area (Å²) in [6, 6.07) is 15.3. The molecule has 0 saturated heterocycles. The molecule has 5 aromatic rings. The average molecular weight is 448 g/mol. The lowest BCUT2D eigenvalue weighted by Gasteiger charge is -2.25. The van der Waals surface area contributed by atoms with Crippen molar-refractivity contribution in [1.29, 1.82) is 0 Å². The summed E-state index contributed by atoms with van der Waals surface area (Å²) in [7, 11) is 1.62. The Morgan fingerprint density at radius 1 is 1.15 bits per heavy atom. The number of fused-ring (bicyclic) bond motifs is 2. The molecule has 1 N–H and O–H groups in total. The van der Waals surface area contributed by atoms with Crippen molar-refractivity contribution in [3.8, 4) is 5.69 Å². The second-order valence-corrected chi connectivity index (χ2v) is 7.88. The maximum Gasteiger partial charge on any atom is 0.293 e. The Labute approximate surface area is 186 Å². The van der Waals surface area contributed by atoms with Crippen molar-refractivity contribution in [1.82, 2.24) is 14.3 Å². The Morgan fingerprint density at radius 3 is 2.61 bits per heavy atom. The number of nitro benzene ring substituents is 1. The summed E-state index contributed by atoms with van der Waals surface area (Å²) in [5.74, 6) is -0.360. The van der Waals surface area contributed by atoms with Gasteiger partial charge in [-0.15, -0.1) is 0 Å². The van der Waals surface area contributed by atoms with Crippen LogP contribution in [0, 0.1) is 15.9 Å². The Hall–Kier alpha value is -4.11. The van der Waals surface area contributed by atoms with E-state index in [4.69, 9.17) is 0 Å². The van der Waals surface area contributed by atoms with Crippen LogP contribution in [0.1, 0.15) is 11.1 Å². The fourth-order valence-corrected chi connectivity index (χ4v) is 4.31. The second kappa shape index (κ2) is 7.49. The second-order valence-electron chi connectivity index (χ2n) is 7.88. The number of aromatic nitrogens is 3.